The lowest BCUT2D eigenvalue weighted by molar-refractivity contribution is 0.0989. The topological polar surface area (TPSA) is 75.0 Å². The van der Waals surface area contributed by atoms with E-state index < -0.39 is 9.84 Å². The molecule has 1 aromatic rings. The number of benzene rings is 1. The van der Waals surface area contributed by atoms with Crippen LogP contribution >= 0.6 is 0 Å². The van der Waals surface area contributed by atoms with Gasteiger partial charge in [0.1, 0.15) is 0 Å². The van der Waals surface area contributed by atoms with Gasteiger partial charge in [0.05, 0.1) is 17.6 Å². The number of carbonyl (C=O) groups excluding carboxylic acids is 1. The predicted molar refractivity (Wildman–Crippen MR) is 64.3 cm³/mol. The lowest BCUT2D eigenvalue weighted by atomic mass is 10.1. The van der Waals surface area contributed by atoms with Crippen LogP contribution in [0.4, 0.5) is 0 Å². The molecule has 0 saturated heterocycles. The van der Waals surface area contributed by atoms with E-state index in [1.54, 1.807) is 36.4 Å². The molecule has 0 amide bonds. The van der Waals surface area contributed by atoms with E-state index in [0.29, 0.717) is 5.56 Å². The molecular weight excluding hydrogens is 238 g/mol. The van der Waals surface area contributed by atoms with E-state index in [2.05, 4.69) is 0 Å². The van der Waals surface area contributed by atoms with E-state index in [0.717, 1.165) is 0 Å². The number of nitrogens with zero attached hydrogens (tertiary/aromatic N) is 1. The summed E-state index contributed by atoms with van der Waals surface area (Å²) < 4.78 is 22.8. The van der Waals surface area contributed by atoms with Crippen molar-refractivity contribution in [1.82, 2.24) is 0 Å². The molecule has 0 atom stereocenters. The average molecular weight is 251 g/mol. The third kappa shape index (κ3) is 4.79. The maximum absolute atomic E-state index is 11.6. The van der Waals surface area contributed by atoms with Crippen molar-refractivity contribution in [2.24, 2.45) is 0 Å². The monoisotopic (exact) mass is 251 g/mol. The number of carbonyl (C=O) groups is 1. The summed E-state index contributed by atoms with van der Waals surface area (Å²) in [6.07, 6.45) is -0.0559. The third-order valence-corrected chi connectivity index (χ3v) is 3.91. The van der Waals surface area contributed by atoms with Crippen molar-refractivity contribution < 1.29 is 13.2 Å². The molecule has 0 heterocycles. The largest absolute Gasteiger partial charge is 0.294 e. The van der Waals surface area contributed by atoms with Gasteiger partial charge in [-0.15, -0.1) is 0 Å². The first-order chi connectivity index (χ1) is 8.05. The molecule has 1 aromatic carbocycles. The Morgan fingerprint density at radius 1 is 1.18 bits per heavy atom. The highest BCUT2D eigenvalue weighted by Gasteiger charge is 2.14. The van der Waals surface area contributed by atoms with Crippen molar-refractivity contribution in [1.29, 1.82) is 5.26 Å². The van der Waals surface area contributed by atoms with E-state index in [9.17, 15) is 13.2 Å². The first-order valence-corrected chi connectivity index (χ1v) is 7.03. The Labute approximate surface area is 101 Å². The van der Waals surface area contributed by atoms with E-state index >= 15 is 0 Å². The Morgan fingerprint density at radius 2 is 1.82 bits per heavy atom. The highest BCUT2D eigenvalue weighted by atomic mass is 32.2. The molecule has 0 fully saturated rings. The van der Waals surface area contributed by atoms with Gasteiger partial charge in [0.25, 0.3) is 0 Å². The first-order valence-electron chi connectivity index (χ1n) is 5.21. The summed E-state index contributed by atoms with van der Waals surface area (Å²) in [5.41, 5.74) is 0.517. The van der Waals surface area contributed by atoms with Gasteiger partial charge in [-0.1, -0.05) is 30.3 Å². The van der Waals surface area contributed by atoms with Gasteiger partial charge in [-0.05, 0) is 0 Å². The van der Waals surface area contributed by atoms with Crippen LogP contribution in [0.3, 0.4) is 0 Å². The molecule has 0 aliphatic rings. The fourth-order valence-electron chi connectivity index (χ4n) is 1.32. The Kier molecular flexibility index (Phi) is 4.85. The SMILES string of the molecule is N#CCCS(=O)(=O)CCC(=O)c1ccccc1. The van der Waals surface area contributed by atoms with E-state index in [1.807, 2.05) is 0 Å². The Hall–Kier alpha value is -1.67. The normalized spacial score (nSPS) is 10.8. The van der Waals surface area contributed by atoms with Crippen LogP contribution in [0.5, 0.6) is 0 Å². The fourth-order valence-corrected chi connectivity index (χ4v) is 2.42. The minimum absolute atomic E-state index is 0.0259. The van der Waals surface area contributed by atoms with Crippen molar-refractivity contribution in [3.63, 3.8) is 0 Å². The fraction of sp³-hybridized carbons (Fsp3) is 0.333. The van der Waals surface area contributed by atoms with Gasteiger partial charge in [0.2, 0.25) is 0 Å². The van der Waals surface area contributed by atoms with Crippen LogP contribution in [0.25, 0.3) is 0 Å². The molecule has 1 rings (SSSR count). The summed E-state index contributed by atoms with van der Waals surface area (Å²) in [5.74, 6) is -0.556. The zero-order valence-corrected chi connectivity index (χ0v) is 10.1. The van der Waals surface area contributed by atoms with Gasteiger partial charge in [0, 0.05) is 18.4 Å². The quantitative estimate of drug-likeness (QED) is 0.719. The van der Waals surface area contributed by atoms with Crippen LogP contribution < -0.4 is 0 Å². The summed E-state index contributed by atoms with van der Waals surface area (Å²) in [7, 11) is -3.29. The van der Waals surface area contributed by atoms with Crippen LogP contribution in [-0.2, 0) is 9.84 Å². The second-order valence-corrected chi connectivity index (χ2v) is 5.90. The van der Waals surface area contributed by atoms with Crippen LogP contribution in [0.2, 0.25) is 0 Å². The van der Waals surface area contributed by atoms with Crippen molar-refractivity contribution in [2.45, 2.75) is 12.8 Å². The smallest absolute Gasteiger partial charge is 0.163 e. The van der Waals surface area contributed by atoms with Gasteiger partial charge in [-0.3, -0.25) is 4.79 Å². The molecule has 0 aliphatic heterocycles. The minimum atomic E-state index is -3.29. The van der Waals surface area contributed by atoms with Gasteiger partial charge >= 0.3 is 0 Å². The second-order valence-electron chi connectivity index (χ2n) is 3.60. The Bertz CT molecular complexity index is 514. The van der Waals surface area contributed by atoms with Crippen LogP contribution in [0.1, 0.15) is 23.2 Å². The number of Topliss-reactive ketones (excluding diaryl/α,β-unsaturated/α-hetero) is 1. The van der Waals surface area contributed by atoms with Gasteiger partial charge in [-0.25, -0.2) is 8.42 Å². The van der Waals surface area contributed by atoms with Gasteiger partial charge in [0.15, 0.2) is 15.6 Å². The molecule has 0 aliphatic carbocycles. The highest BCUT2D eigenvalue weighted by molar-refractivity contribution is 7.91. The van der Waals surface area contributed by atoms with Crippen molar-refractivity contribution in [3.05, 3.63) is 35.9 Å². The second kappa shape index (κ2) is 6.16. The number of sulfone groups is 1. The molecular formula is C12H13NO3S. The Balaban J connectivity index is 2.52. The molecule has 4 nitrogen and oxygen atoms in total. The molecule has 0 N–H and O–H groups in total. The number of hydrogen-bond donors (Lipinski definition) is 0. The lowest BCUT2D eigenvalue weighted by Crippen LogP contribution is -2.14. The predicted octanol–water partition coefficient (Wildman–Crippen LogP) is 1.59. The summed E-state index contributed by atoms with van der Waals surface area (Å²) in [6, 6.07) is 10.4. The summed E-state index contributed by atoms with van der Waals surface area (Å²) in [4.78, 5) is 11.6. The average Bonchev–Trinajstić information content (AvgIpc) is 2.35. The summed E-state index contributed by atoms with van der Waals surface area (Å²) in [5, 5.41) is 8.30. The molecule has 0 radical (unpaired) electrons. The minimum Gasteiger partial charge on any atom is -0.294 e. The van der Waals surface area contributed by atoms with Crippen LogP contribution in [-0.4, -0.2) is 25.7 Å². The molecule has 0 aromatic heterocycles. The maximum Gasteiger partial charge on any atom is 0.163 e. The van der Waals surface area contributed by atoms with E-state index in [-0.39, 0.29) is 30.1 Å². The van der Waals surface area contributed by atoms with Crippen molar-refractivity contribution >= 4 is 15.6 Å². The number of rotatable bonds is 6. The summed E-state index contributed by atoms with van der Waals surface area (Å²) >= 11 is 0. The van der Waals surface area contributed by atoms with Crippen molar-refractivity contribution in [3.8, 4) is 6.07 Å². The van der Waals surface area contributed by atoms with Crippen LogP contribution in [0, 0.1) is 11.3 Å². The van der Waals surface area contributed by atoms with Gasteiger partial charge in [-0.2, -0.15) is 5.26 Å². The molecule has 0 bridgehead atoms. The molecule has 0 saturated carbocycles. The zero-order valence-electron chi connectivity index (χ0n) is 9.30. The number of nitriles is 1. The van der Waals surface area contributed by atoms with Crippen molar-refractivity contribution in [2.75, 3.05) is 11.5 Å². The number of ketones is 1. The van der Waals surface area contributed by atoms with Gasteiger partial charge < -0.3 is 0 Å². The molecule has 0 spiro atoms. The maximum atomic E-state index is 11.6. The van der Waals surface area contributed by atoms with Crippen LogP contribution in [0.15, 0.2) is 30.3 Å². The standard InChI is InChI=1S/C12H13NO3S/c13-8-4-9-17(15,16)10-7-12(14)11-5-2-1-3-6-11/h1-3,5-6H,4,7,9-10H2. The first kappa shape index (κ1) is 13.4. The summed E-state index contributed by atoms with van der Waals surface area (Å²) in [6.45, 7) is 0. The number of hydrogen-bond acceptors (Lipinski definition) is 4. The van der Waals surface area contributed by atoms with E-state index in [1.165, 1.54) is 0 Å². The molecule has 17 heavy (non-hydrogen) atoms. The Morgan fingerprint density at radius 3 is 2.41 bits per heavy atom. The zero-order chi connectivity index (χ0) is 12.7. The van der Waals surface area contributed by atoms with E-state index in [4.69, 9.17) is 5.26 Å². The lowest BCUT2D eigenvalue weighted by Gasteiger charge is -2.01. The third-order valence-electron chi connectivity index (χ3n) is 2.26. The molecule has 5 heteroatoms. The molecule has 0 unspecified atom stereocenters. The molecule has 90 valence electrons. The highest BCUT2D eigenvalue weighted by Crippen LogP contribution is 2.05.